The average molecular weight is 306 g/mol. The normalized spacial score (nSPS) is 26.1. The van der Waals surface area contributed by atoms with E-state index in [1.165, 1.54) is 0 Å². The Morgan fingerprint density at radius 3 is 2.57 bits per heavy atom. The molecule has 3 rings (SSSR count). The maximum absolute atomic E-state index is 12.7. The zero-order valence-corrected chi connectivity index (χ0v) is 12.8. The molecule has 1 aromatic carbocycles. The number of Topliss-reactive ketones (excluding diaryl/α,β-unsaturated/α-hetero) is 1. The van der Waals surface area contributed by atoms with Crippen LogP contribution in [0.25, 0.3) is 0 Å². The highest BCUT2D eigenvalue weighted by Crippen LogP contribution is 2.33. The molecule has 2 aliphatic rings. The van der Waals surface area contributed by atoms with Crippen LogP contribution in [-0.2, 0) is 4.79 Å². The molecule has 3 nitrogen and oxygen atoms in total. The first kappa shape index (κ1) is 14.6. The Balaban J connectivity index is 1.78. The summed E-state index contributed by atoms with van der Waals surface area (Å²) in [4.78, 5) is 26.8. The highest BCUT2D eigenvalue weighted by atomic mass is 35.5. The molecule has 2 unspecified atom stereocenters. The molecular formula is C17H20ClNO2. The molecule has 2 fully saturated rings. The van der Waals surface area contributed by atoms with Gasteiger partial charge in [0.1, 0.15) is 5.78 Å². The van der Waals surface area contributed by atoms with Crippen LogP contribution in [0, 0.1) is 5.92 Å². The number of halogens is 1. The van der Waals surface area contributed by atoms with E-state index in [2.05, 4.69) is 0 Å². The van der Waals surface area contributed by atoms with Gasteiger partial charge in [-0.25, -0.2) is 0 Å². The first-order chi connectivity index (χ1) is 10.2. The molecule has 1 aliphatic carbocycles. The minimum atomic E-state index is 0.0348. The Kier molecular flexibility index (Phi) is 4.29. The molecule has 4 heteroatoms. The van der Waals surface area contributed by atoms with E-state index in [4.69, 9.17) is 11.6 Å². The number of carbonyl (C=O) groups excluding carboxylic acids is 2. The summed E-state index contributed by atoms with van der Waals surface area (Å²) in [7, 11) is 0. The summed E-state index contributed by atoms with van der Waals surface area (Å²) in [5.74, 6) is 0.437. The SMILES string of the molecule is O=C1CCCCC1C1CCCN1C(=O)c1ccc(Cl)cc1. The van der Waals surface area contributed by atoms with Gasteiger partial charge in [-0.1, -0.05) is 18.0 Å². The number of rotatable bonds is 2. The van der Waals surface area contributed by atoms with Gasteiger partial charge in [-0.3, -0.25) is 9.59 Å². The van der Waals surface area contributed by atoms with Crippen molar-refractivity contribution < 1.29 is 9.59 Å². The summed E-state index contributed by atoms with van der Waals surface area (Å²) >= 11 is 5.88. The lowest BCUT2D eigenvalue weighted by Crippen LogP contribution is -2.43. The van der Waals surface area contributed by atoms with Crippen LogP contribution in [0.1, 0.15) is 48.9 Å². The molecule has 0 radical (unpaired) electrons. The Morgan fingerprint density at radius 2 is 1.86 bits per heavy atom. The minimum Gasteiger partial charge on any atom is -0.335 e. The third-order valence-corrected chi connectivity index (χ3v) is 4.97. The molecule has 1 aromatic rings. The number of carbonyl (C=O) groups is 2. The van der Waals surface area contributed by atoms with Crippen LogP contribution in [0.4, 0.5) is 0 Å². The van der Waals surface area contributed by atoms with Crippen molar-refractivity contribution in [2.75, 3.05) is 6.54 Å². The van der Waals surface area contributed by atoms with E-state index in [1.54, 1.807) is 24.3 Å². The molecule has 0 N–H and O–H groups in total. The van der Waals surface area contributed by atoms with Crippen molar-refractivity contribution in [1.82, 2.24) is 4.90 Å². The summed E-state index contributed by atoms with van der Waals surface area (Å²) < 4.78 is 0. The van der Waals surface area contributed by atoms with Gasteiger partial charge in [0, 0.05) is 35.5 Å². The molecule has 1 heterocycles. The van der Waals surface area contributed by atoms with E-state index < -0.39 is 0 Å². The molecule has 0 bridgehead atoms. The largest absolute Gasteiger partial charge is 0.335 e. The summed E-state index contributed by atoms with van der Waals surface area (Å²) in [5, 5.41) is 0.631. The topological polar surface area (TPSA) is 37.4 Å². The first-order valence-corrected chi connectivity index (χ1v) is 8.14. The van der Waals surface area contributed by atoms with E-state index in [-0.39, 0.29) is 17.9 Å². The maximum atomic E-state index is 12.7. The lowest BCUT2D eigenvalue weighted by Gasteiger charge is -2.33. The molecule has 0 aromatic heterocycles. The maximum Gasteiger partial charge on any atom is 0.254 e. The number of amides is 1. The van der Waals surface area contributed by atoms with E-state index in [1.807, 2.05) is 4.90 Å². The number of ketones is 1. The van der Waals surface area contributed by atoms with E-state index in [0.29, 0.717) is 22.8 Å². The van der Waals surface area contributed by atoms with E-state index in [0.717, 1.165) is 38.6 Å². The van der Waals surface area contributed by atoms with Gasteiger partial charge in [0.25, 0.3) is 5.91 Å². The van der Waals surface area contributed by atoms with Gasteiger partial charge in [0.2, 0.25) is 0 Å². The number of hydrogen-bond donors (Lipinski definition) is 0. The molecule has 1 saturated heterocycles. The van der Waals surface area contributed by atoms with Crippen LogP contribution in [-0.4, -0.2) is 29.2 Å². The Hall–Kier alpha value is -1.35. The molecule has 1 amide bonds. The number of likely N-dealkylation sites (tertiary alicyclic amines) is 1. The fraction of sp³-hybridized carbons (Fsp3) is 0.529. The fourth-order valence-corrected chi connectivity index (χ4v) is 3.76. The zero-order chi connectivity index (χ0) is 14.8. The molecule has 1 saturated carbocycles. The van der Waals surface area contributed by atoms with Gasteiger partial charge in [-0.15, -0.1) is 0 Å². The van der Waals surface area contributed by atoms with Crippen molar-refractivity contribution in [3.63, 3.8) is 0 Å². The summed E-state index contributed by atoms with van der Waals surface area (Å²) in [6.07, 6.45) is 5.69. The van der Waals surface area contributed by atoms with E-state index in [9.17, 15) is 9.59 Å². The third kappa shape index (κ3) is 2.98. The highest BCUT2D eigenvalue weighted by molar-refractivity contribution is 6.30. The van der Waals surface area contributed by atoms with Gasteiger partial charge in [-0.2, -0.15) is 0 Å². The number of hydrogen-bond acceptors (Lipinski definition) is 2. The molecule has 0 spiro atoms. The van der Waals surface area contributed by atoms with Crippen molar-refractivity contribution in [1.29, 1.82) is 0 Å². The summed E-state index contributed by atoms with van der Waals surface area (Å²) in [6, 6.07) is 7.11. The second kappa shape index (κ2) is 6.18. The fourth-order valence-electron chi connectivity index (χ4n) is 3.64. The summed E-state index contributed by atoms with van der Waals surface area (Å²) in [5.41, 5.74) is 0.662. The second-order valence-electron chi connectivity index (χ2n) is 6.03. The minimum absolute atomic E-state index is 0.0348. The van der Waals surface area contributed by atoms with Crippen LogP contribution in [0.15, 0.2) is 24.3 Å². The van der Waals surface area contributed by atoms with Gasteiger partial charge in [0.15, 0.2) is 0 Å². The zero-order valence-electron chi connectivity index (χ0n) is 12.1. The number of benzene rings is 1. The van der Waals surface area contributed by atoms with Crippen molar-refractivity contribution in [2.45, 2.75) is 44.6 Å². The molecule has 2 atom stereocenters. The Bertz CT molecular complexity index is 540. The quantitative estimate of drug-likeness (QED) is 0.835. The predicted octanol–water partition coefficient (Wildman–Crippen LogP) is 3.70. The Labute approximate surface area is 130 Å². The van der Waals surface area contributed by atoms with Crippen molar-refractivity contribution in [2.24, 2.45) is 5.92 Å². The Morgan fingerprint density at radius 1 is 1.10 bits per heavy atom. The van der Waals surface area contributed by atoms with Crippen LogP contribution >= 0.6 is 11.6 Å². The lowest BCUT2D eigenvalue weighted by molar-refractivity contribution is -0.126. The molecule has 1 aliphatic heterocycles. The summed E-state index contributed by atoms with van der Waals surface area (Å²) in [6.45, 7) is 0.760. The van der Waals surface area contributed by atoms with Crippen molar-refractivity contribution in [3.8, 4) is 0 Å². The van der Waals surface area contributed by atoms with E-state index >= 15 is 0 Å². The van der Waals surface area contributed by atoms with Crippen LogP contribution in [0.2, 0.25) is 5.02 Å². The first-order valence-electron chi connectivity index (χ1n) is 7.76. The molecular weight excluding hydrogens is 286 g/mol. The standard InChI is InChI=1S/C17H20ClNO2/c18-13-9-7-12(8-10-13)17(21)19-11-3-5-15(19)14-4-1-2-6-16(14)20/h7-10,14-15H,1-6,11H2. The lowest BCUT2D eigenvalue weighted by atomic mass is 9.81. The van der Waals surface area contributed by atoms with Crippen LogP contribution in [0.5, 0.6) is 0 Å². The predicted molar refractivity (Wildman–Crippen MR) is 82.5 cm³/mol. The van der Waals surface area contributed by atoms with Crippen LogP contribution in [0.3, 0.4) is 0 Å². The van der Waals surface area contributed by atoms with Crippen molar-refractivity contribution in [3.05, 3.63) is 34.9 Å². The molecule has 112 valence electrons. The van der Waals surface area contributed by atoms with Crippen LogP contribution < -0.4 is 0 Å². The highest BCUT2D eigenvalue weighted by Gasteiger charge is 2.39. The monoisotopic (exact) mass is 305 g/mol. The van der Waals surface area contributed by atoms with Gasteiger partial charge in [-0.05, 0) is 49.9 Å². The van der Waals surface area contributed by atoms with Gasteiger partial charge in [0.05, 0.1) is 0 Å². The van der Waals surface area contributed by atoms with Gasteiger partial charge < -0.3 is 4.90 Å². The van der Waals surface area contributed by atoms with Crippen molar-refractivity contribution >= 4 is 23.3 Å². The smallest absolute Gasteiger partial charge is 0.254 e. The average Bonchev–Trinajstić information content (AvgIpc) is 2.97. The number of nitrogens with zero attached hydrogens (tertiary/aromatic N) is 1. The molecule has 21 heavy (non-hydrogen) atoms. The second-order valence-corrected chi connectivity index (χ2v) is 6.47. The third-order valence-electron chi connectivity index (χ3n) is 4.72. The van der Waals surface area contributed by atoms with Gasteiger partial charge >= 0.3 is 0 Å².